The number of carbonyl (C=O) groups excluding carboxylic acids is 1. The number of hydrogen-bond acceptors (Lipinski definition) is 4. The van der Waals surface area contributed by atoms with E-state index in [1.54, 1.807) is 0 Å². The van der Waals surface area contributed by atoms with Crippen molar-refractivity contribution in [3.8, 4) is 5.75 Å². The highest BCUT2D eigenvalue weighted by atomic mass is 16.5. The quantitative estimate of drug-likeness (QED) is 0.601. The number of ether oxygens (including phenoxy) is 2. The van der Waals surface area contributed by atoms with Crippen LogP contribution in [0.25, 0.3) is 0 Å². The summed E-state index contributed by atoms with van der Waals surface area (Å²) in [5.41, 5.74) is 1.38. The molecule has 3 saturated heterocycles. The van der Waals surface area contributed by atoms with Gasteiger partial charge < -0.3 is 14.4 Å². The molecule has 0 N–H and O–H groups in total. The van der Waals surface area contributed by atoms with Crippen LogP contribution in [0.4, 0.5) is 0 Å². The summed E-state index contributed by atoms with van der Waals surface area (Å²) in [5, 5.41) is 0. The molecule has 0 aliphatic carbocycles. The number of piperidine rings is 1. The van der Waals surface area contributed by atoms with Crippen molar-refractivity contribution in [3.05, 3.63) is 29.8 Å². The third-order valence-electron chi connectivity index (χ3n) is 7.69. The highest BCUT2D eigenvalue weighted by molar-refractivity contribution is 5.79. The van der Waals surface area contributed by atoms with E-state index in [4.69, 9.17) is 9.47 Å². The molecule has 172 valence electrons. The Balaban J connectivity index is 1.18. The number of hydrogen-bond donors (Lipinski definition) is 0. The minimum atomic E-state index is 0.179. The molecule has 3 aliphatic rings. The molecule has 1 unspecified atom stereocenters. The Bertz CT molecular complexity index is 683. The Morgan fingerprint density at radius 2 is 1.61 bits per heavy atom. The van der Waals surface area contributed by atoms with E-state index >= 15 is 0 Å². The van der Waals surface area contributed by atoms with E-state index in [0.717, 1.165) is 77.3 Å². The van der Waals surface area contributed by atoms with Crippen LogP contribution in [0, 0.1) is 5.92 Å². The molecular weight excluding hydrogens is 388 g/mol. The number of amides is 1. The first-order valence-corrected chi connectivity index (χ1v) is 12.5. The molecule has 31 heavy (non-hydrogen) atoms. The molecule has 0 spiro atoms. The van der Waals surface area contributed by atoms with Crippen LogP contribution in [0.2, 0.25) is 0 Å². The Morgan fingerprint density at radius 1 is 0.968 bits per heavy atom. The lowest BCUT2D eigenvalue weighted by Gasteiger charge is -2.35. The molecule has 1 aromatic rings. The van der Waals surface area contributed by atoms with Crippen LogP contribution in [0.15, 0.2) is 24.3 Å². The van der Waals surface area contributed by atoms with Gasteiger partial charge in [0.2, 0.25) is 5.91 Å². The van der Waals surface area contributed by atoms with Gasteiger partial charge in [-0.1, -0.05) is 12.1 Å². The SMILES string of the molecule is CC1CC[C@@H](C)N1CCCOc1ccc(C2CCN(C(=O)C3CCOCC3)CC2)cc1. The molecule has 1 aromatic carbocycles. The first kappa shape index (κ1) is 22.6. The smallest absolute Gasteiger partial charge is 0.225 e. The van der Waals surface area contributed by atoms with Crippen LogP contribution in [0.5, 0.6) is 5.75 Å². The van der Waals surface area contributed by atoms with Gasteiger partial charge in [-0.3, -0.25) is 9.69 Å². The third-order valence-corrected chi connectivity index (χ3v) is 7.69. The van der Waals surface area contributed by atoms with E-state index in [-0.39, 0.29) is 5.92 Å². The van der Waals surface area contributed by atoms with Gasteiger partial charge in [-0.25, -0.2) is 0 Å². The van der Waals surface area contributed by atoms with Gasteiger partial charge in [0.15, 0.2) is 0 Å². The Kier molecular flexibility index (Phi) is 7.89. The van der Waals surface area contributed by atoms with Gasteiger partial charge in [-0.05, 0) is 82.4 Å². The predicted molar refractivity (Wildman–Crippen MR) is 124 cm³/mol. The summed E-state index contributed by atoms with van der Waals surface area (Å²) in [5.74, 6) is 2.05. The highest BCUT2D eigenvalue weighted by Crippen LogP contribution is 2.31. The van der Waals surface area contributed by atoms with Crippen LogP contribution in [0.3, 0.4) is 0 Å². The van der Waals surface area contributed by atoms with Crippen LogP contribution < -0.4 is 4.74 Å². The topological polar surface area (TPSA) is 42.0 Å². The van der Waals surface area contributed by atoms with Crippen molar-refractivity contribution in [2.45, 2.75) is 76.8 Å². The molecule has 3 aliphatic heterocycles. The standard InChI is InChI=1S/C26H40N2O3/c1-20-4-5-21(2)28(20)14-3-17-31-25-8-6-22(7-9-25)23-10-15-27(16-11-23)26(29)24-12-18-30-19-13-24/h6-9,20-21,23-24H,3-5,10-19H2,1-2H3/t20-,21?/m1/s1. The van der Waals surface area contributed by atoms with Crippen molar-refractivity contribution in [2.75, 3.05) is 39.5 Å². The van der Waals surface area contributed by atoms with Gasteiger partial charge in [0, 0.05) is 50.8 Å². The van der Waals surface area contributed by atoms with Gasteiger partial charge in [0.1, 0.15) is 5.75 Å². The molecule has 0 radical (unpaired) electrons. The Hall–Kier alpha value is -1.59. The highest BCUT2D eigenvalue weighted by Gasteiger charge is 2.30. The van der Waals surface area contributed by atoms with Crippen LogP contribution in [-0.4, -0.2) is 67.2 Å². The lowest BCUT2D eigenvalue weighted by Crippen LogP contribution is -2.42. The van der Waals surface area contributed by atoms with Crippen molar-refractivity contribution in [1.29, 1.82) is 0 Å². The fraction of sp³-hybridized carbons (Fsp3) is 0.731. The average Bonchev–Trinajstić information content (AvgIpc) is 3.14. The van der Waals surface area contributed by atoms with Gasteiger partial charge >= 0.3 is 0 Å². The van der Waals surface area contributed by atoms with Crippen molar-refractivity contribution in [3.63, 3.8) is 0 Å². The van der Waals surface area contributed by atoms with Gasteiger partial charge in [-0.2, -0.15) is 0 Å². The molecule has 3 heterocycles. The fourth-order valence-electron chi connectivity index (χ4n) is 5.60. The summed E-state index contributed by atoms with van der Waals surface area (Å²) in [4.78, 5) is 17.4. The van der Waals surface area contributed by atoms with Gasteiger partial charge in [-0.15, -0.1) is 0 Å². The largest absolute Gasteiger partial charge is 0.494 e. The first-order chi connectivity index (χ1) is 15.1. The summed E-state index contributed by atoms with van der Waals surface area (Å²) in [7, 11) is 0. The maximum atomic E-state index is 12.7. The average molecular weight is 429 g/mol. The second-order valence-corrected chi connectivity index (χ2v) is 9.77. The van der Waals surface area contributed by atoms with Crippen LogP contribution in [0.1, 0.15) is 70.3 Å². The van der Waals surface area contributed by atoms with Crippen molar-refractivity contribution in [1.82, 2.24) is 9.80 Å². The first-order valence-electron chi connectivity index (χ1n) is 12.5. The molecular formula is C26H40N2O3. The maximum Gasteiger partial charge on any atom is 0.225 e. The van der Waals surface area contributed by atoms with Gasteiger partial charge in [0.25, 0.3) is 0 Å². The lowest BCUT2D eigenvalue weighted by atomic mass is 9.88. The minimum Gasteiger partial charge on any atom is -0.494 e. The molecule has 1 amide bonds. The van der Waals surface area contributed by atoms with E-state index in [2.05, 4.69) is 47.9 Å². The summed E-state index contributed by atoms with van der Waals surface area (Å²) in [6.45, 7) is 9.82. The maximum absolute atomic E-state index is 12.7. The predicted octanol–water partition coefficient (Wildman–Crippen LogP) is 4.46. The molecule has 2 atom stereocenters. The summed E-state index contributed by atoms with van der Waals surface area (Å²) in [6, 6.07) is 10.1. The molecule has 4 rings (SSSR count). The minimum absolute atomic E-state index is 0.179. The molecule has 5 heteroatoms. The molecule has 0 saturated carbocycles. The lowest BCUT2D eigenvalue weighted by molar-refractivity contribution is -0.139. The molecule has 0 aromatic heterocycles. The van der Waals surface area contributed by atoms with E-state index < -0.39 is 0 Å². The number of likely N-dealkylation sites (tertiary alicyclic amines) is 2. The van der Waals surface area contributed by atoms with Crippen LogP contribution in [-0.2, 0) is 9.53 Å². The van der Waals surface area contributed by atoms with Crippen LogP contribution >= 0.6 is 0 Å². The van der Waals surface area contributed by atoms with Crippen molar-refractivity contribution in [2.24, 2.45) is 5.92 Å². The number of benzene rings is 1. The van der Waals surface area contributed by atoms with Crippen molar-refractivity contribution < 1.29 is 14.3 Å². The number of carbonyl (C=O) groups is 1. The Morgan fingerprint density at radius 3 is 2.26 bits per heavy atom. The van der Waals surface area contributed by atoms with Gasteiger partial charge in [0.05, 0.1) is 6.61 Å². The Labute approximate surface area is 188 Å². The number of nitrogens with zero attached hydrogens (tertiary/aromatic N) is 2. The fourth-order valence-corrected chi connectivity index (χ4v) is 5.60. The molecule has 0 bridgehead atoms. The zero-order valence-electron chi connectivity index (χ0n) is 19.4. The third kappa shape index (κ3) is 5.81. The second-order valence-electron chi connectivity index (χ2n) is 9.77. The number of rotatable bonds is 7. The zero-order valence-corrected chi connectivity index (χ0v) is 19.4. The van der Waals surface area contributed by atoms with E-state index in [1.165, 1.54) is 18.4 Å². The van der Waals surface area contributed by atoms with Crippen molar-refractivity contribution >= 4 is 5.91 Å². The van der Waals surface area contributed by atoms with E-state index in [1.807, 2.05) is 0 Å². The summed E-state index contributed by atoms with van der Waals surface area (Å²) in [6.07, 6.45) is 7.61. The second kappa shape index (κ2) is 10.8. The zero-order chi connectivity index (χ0) is 21.6. The molecule has 5 nitrogen and oxygen atoms in total. The monoisotopic (exact) mass is 428 g/mol. The van der Waals surface area contributed by atoms with E-state index in [0.29, 0.717) is 23.9 Å². The van der Waals surface area contributed by atoms with E-state index in [9.17, 15) is 4.79 Å². The normalized spacial score (nSPS) is 26.3. The molecule has 3 fully saturated rings. The summed E-state index contributed by atoms with van der Waals surface area (Å²) >= 11 is 0. The summed E-state index contributed by atoms with van der Waals surface area (Å²) < 4.78 is 11.4.